The molecule has 0 unspecified atom stereocenters. The Morgan fingerprint density at radius 1 is 1.41 bits per heavy atom. The minimum absolute atomic E-state index is 0.215. The van der Waals surface area contributed by atoms with Gasteiger partial charge in [0.05, 0.1) is 11.9 Å². The molecule has 3 aromatic rings. The van der Waals surface area contributed by atoms with E-state index in [1.807, 2.05) is 6.07 Å². The Kier molecular flexibility index (Phi) is 2.48. The molecule has 0 bridgehead atoms. The number of aromatic nitrogens is 3. The molecule has 0 atom stereocenters. The number of hydrogen-bond acceptors (Lipinski definition) is 3. The monoisotopic (exact) mass is 311 g/mol. The van der Waals surface area contributed by atoms with Gasteiger partial charge in [-0.25, -0.2) is 13.9 Å². The van der Waals surface area contributed by atoms with Gasteiger partial charge in [0, 0.05) is 5.56 Å². The lowest BCUT2D eigenvalue weighted by Gasteiger charge is -1.99. The van der Waals surface area contributed by atoms with Gasteiger partial charge in [-0.3, -0.25) is 0 Å². The van der Waals surface area contributed by atoms with Crippen molar-refractivity contribution in [3.8, 4) is 11.3 Å². The fraction of sp³-hybridized carbons (Fsp3) is 0.0909. The predicted octanol–water partition coefficient (Wildman–Crippen LogP) is 3.67. The quantitative estimate of drug-likeness (QED) is 0.686. The molecular formula is C11H7BrFN3S. The average molecular weight is 312 g/mol. The van der Waals surface area contributed by atoms with Gasteiger partial charge >= 0.3 is 0 Å². The molecular weight excluding hydrogens is 305 g/mol. The molecule has 17 heavy (non-hydrogen) atoms. The van der Waals surface area contributed by atoms with Crippen molar-refractivity contribution in [1.29, 1.82) is 0 Å². The summed E-state index contributed by atoms with van der Waals surface area (Å²) < 4.78 is 15.9. The highest BCUT2D eigenvalue weighted by Crippen LogP contribution is 2.25. The van der Waals surface area contributed by atoms with Crippen LogP contribution in [0.3, 0.4) is 0 Å². The first kappa shape index (κ1) is 10.9. The van der Waals surface area contributed by atoms with Crippen LogP contribution in [0.4, 0.5) is 4.39 Å². The summed E-state index contributed by atoms with van der Waals surface area (Å²) in [5, 5.41) is 4.19. The van der Waals surface area contributed by atoms with Crippen molar-refractivity contribution < 1.29 is 4.39 Å². The maximum absolute atomic E-state index is 13.5. The predicted molar refractivity (Wildman–Crippen MR) is 68.7 cm³/mol. The molecule has 0 saturated carbocycles. The standard InChI is InChI=1S/C11H7BrFN3S/c1-6-2-3-7(4-8(6)13)9-5-16-11(14-9)17-10(12)15-16/h2-5H,1H3. The number of imidazole rings is 1. The van der Waals surface area contributed by atoms with E-state index in [-0.39, 0.29) is 5.82 Å². The van der Waals surface area contributed by atoms with Gasteiger partial charge in [0.2, 0.25) is 4.96 Å². The topological polar surface area (TPSA) is 30.2 Å². The van der Waals surface area contributed by atoms with Crippen molar-refractivity contribution in [2.75, 3.05) is 0 Å². The molecule has 3 rings (SSSR count). The van der Waals surface area contributed by atoms with Crippen molar-refractivity contribution >= 4 is 32.2 Å². The van der Waals surface area contributed by atoms with E-state index < -0.39 is 0 Å². The maximum atomic E-state index is 13.5. The number of rotatable bonds is 1. The van der Waals surface area contributed by atoms with Crippen LogP contribution in [0.25, 0.3) is 16.2 Å². The number of halogens is 2. The Balaban J connectivity index is 2.13. The third-order valence-electron chi connectivity index (χ3n) is 2.49. The van der Waals surface area contributed by atoms with E-state index in [1.165, 1.54) is 17.4 Å². The summed E-state index contributed by atoms with van der Waals surface area (Å²) in [6.45, 7) is 1.74. The molecule has 0 radical (unpaired) electrons. The van der Waals surface area contributed by atoms with Gasteiger partial charge < -0.3 is 0 Å². The van der Waals surface area contributed by atoms with Crippen LogP contribution in [0.5, 0.6) is 0 Å². The highest BCUT2D eigenvalue weighted by molar-refractivity contribution is 9.11. The van der Waals surface area contributed by atoms with E-state index in [1.54, 1.807) is 23.7 Å². The van der Waals surface area contributed by atoms with Crippen LogP contribution in [-0.4, -0.2) is 14.6 Å². The molecule has 6 heteroatoms. The first-order chi connectivity index (χ1) is 8.13. The maximum Gasteiger partial charge on any atom is 0.213 e. The minimum Gasteiger partial charge on any atom is -0.217 e. The lowest BCUT2D eigenvalue weighted by atomic mass is 10.1. The van der Waals surface area contributed by atoms with Crippen LogP contribution in [0.15, 0.2) is 28.3 Å². The highest BCUT2D eigenvalue weighted by atomic mass is 79.9. The molecule has 0 N–H and O–H groups in total. The van der Waals surface area contributed by atoms with Crippen molar-refractivity contribution in [2.45, 2.75) is 6.92 Å². The van der Waals surface area contributed by atoms with Gasteiger partial charge in [0.25, 0.3) is 0 Å². The third-order valence-corrected chi connectivity index (χ3v) is 3.84. The Hall–Kier alpha value is -1.27. The van der Waals surface area contributed by atoms with Crippen LogP contribution in [0.2, 0.25) is 0 Å². The van der Waals surface area contributed by atoms with Crippen LogP contribution < -0.4 is 0 Å². The number of hydrogen-bond donors (Lipinski definition) is 0. The third kappa shape index (κ3) is 1.87. The Morgan fingerprint density at radius 3 is 2.94 bits per heavy atom. The minimum atomic E-state index is -0.215. The summed E-state index contributed by atoms with van der Waals surface area (Å²) in [5.74, 6) is -0.215. The van der Waals surface area contributed by atoms with E-state index in [0.29, 0.717) is 5.56 Å². The van der Waals surface area contributed by atoms with Crippen molar-refractivity contribution in [3.05, 3.63) is 39.7 Å². The smallest absolute Gasteiger partial charge is 0.213 e. The van der Waals surface area contributed by atoms with E-state index in [2.05, 4.69) is 26.0 Å². The normalized spacial score (nSPS) is 11.2. The van der Waals surface area contributed by atoms with Crippen molar-refractivity contribution in [1.82, 2.24) is 14.6 Å². The Bertz CT molecular complexity index is 672. The number of benzene rings is 1. The van der Waals surface area contributed by atoms with Gasteiger partial charge in [0.15, 0.2) is 3.92 Å². The molecule has 0 fully saturated rings. The molecule has 0 aliphatic heterocycles. The van der Waals surface area contributed by atoms with Crippen LogP contribution in [0.1, 0.15) is 5.56 Å². The second kappa shape index (κ2) is 3.89. The van der Waals surface area contributed by atoms with E-state index >= 15 is 0 Å². The van der Waals surface area contributed by atoms with Crippen LogP contribution in [0, 0.1) is 12.7 Å². The first-order valence-corrected chi connectivity index (χ1v) is 6.53. The van der Waals surface area contributed by atoms with E-state index in [9.17, 15) is 4.39 Å². The second-order valence-corrected chi connectivity index (χ2v) is 5.90. The summed E-state index contributed by atoms with van der Waals surface area (Å²) >= 11 is 4.73. The Morgan fingerprint density at radius 2 is 2.24 bits per heavy atom. The zero-order valence-electron chi connectivity index (χ0n) is 8.82. The molecule has 1 aromatic carbocycles. The molecule has 0 spiro atoms. The van der Waals surface area contributed by atoms with Gasteiger partial charge in [-0.2, -0.15) is 0 Å². The van der Waals surface area contributed by atoms with Crippen molar-refractivity contribution in [3.63, 3.8) is 0 Å². The lowest BCUT2D eigenvalue weighted by molar-refractivity contribution is 0.619. The molecule has 86 valence electrons. The van der Waals surface area contributed by atoms with Crippen LogP contribution in [-0.2, 0) is 0 Å². The summed E-state index contributed by atoms with van der Waals surface area (Å²) in [7, 11) is 0. The van der Waals surface area contributed by atoms with Crippen molar-refractivity contribution in [2.24, 2.45) is 0 Å². The highest BCUT2D eigenvalue weighted by Gasteiger charge is 2.09. The largest absolute Gasteiger partial charge is 0.217 e. The van der Waals surface area contributed by atoms with Crippen LogP contribution >= 0.6 is 27.3 Å². The number of nitrogens with zero attached hydrogens (tertiary/aromatic N) is 3. The fourth-order valence-corrected chi connectivity index (χ4v) is 2.78. The molecule has 0 amide bonds. The lowest BCUT2D eigenvalue weighted by Crippen LogP contribution is -1.84. The zero-order chi connectivity index (χ0) is 12.0. The first-order valence-electron chi connectivity index (χ1n) is 4.92. The molecule has 3 nitrogen and oxygen atoms in total. The summed E-state index contributed by atoms with van der Waals surface area (Å²) in [6, 6.07) is 5.11. The molecule has 2 heterocycles. The number of aryl methyl sites for hydroxylation is 1. The van der Waals surface area contributed by atoms with Gasteiger partial charge in [-0.1, -0.05) is 23.5 Å². The number of fused-ring (bicyclic) bond motifs is 1. The van der Waals surface area contributed by atoms with Gasteiger partial charge in [-0.05, 0) is 34.5 Å². The molecule has 0 aliphatic carbocycles. The fourth-order valence-electron chi connectivity index (χ4n) is 1.57. The van der Waals surface area contributed by atoms with Gasteiger partial charge in [-0.15, -0.1) is 5.10 Å². The molecule has 2 aromatic heterocycles. The second-order valence-electron chi connectivity index (χ2n) is 3.67. The average Bonchev–Trinajstić information content (AvgIpc) is 2.79. The Labute approximate surface area is 109 Å². The summed E-state index contributed by atoms with van der Waals surface area (Å²) in [6.07, 6.45) is 1.79. The molecule has 0 aliphatic rings. The summed E-state index contributed by atoms with van der Waals surface area (Å²) in [4.78, 5) is 5.18. The summed E-state index contributed by atoms with van der Waals surface area (Å²) in [5.41, 5.74) is 2.13. The SMILES string of the molecule is Cc1ccc(-c2cn3nc(Br)sc3n2)cc1F. The zero-order valence-corrected chi connectivity index (χ0v) is 11.2. The van der Waals surface area contributed by atoms with Gasteiger partial charge in [0.1, 0.15) is 5.82 Å². The molecule has 0 saturated heterocycles. The van der Waals surface area contributed by atoms with E-state index in [0.717, 1.165) is 20.1 Å². The van der Waals surface area contributed by atoms with E-state index in [4.69, 9.17) is 0 Å².